The van der Waals surface area contributed by atoms with Crippen LogP contribution in [0, 0.1) is 0 Å². The molecule has 0 atom stereocenters. The third-order valence-electron chi connectivity index (χ3n) is 4.94. The molecule has 2 saturated heterocycles. The van der Waals surface area contributed by atoms with Crippen LogP contribution in [0.25, 0.3) is 0 Å². The van der Waals surface area contributed by atoms with Crippen molar-refractivity contribution < 1.29 is 21.6 Å². The van der Waals surface area contributed by atoms with Crippen LogP contribution in [-0.4, -0.2) is 94.7 Å². The quantitative estimate of drug-likeness (QED) is 0.639. The summed E-state index contributed by atoms with van der Waals surface area (Å²) in [4.78, 5) is 17.0. The number of hydrogen-bond donors (Lipinski definition) is 0. The van der Waals surface area contributed by atoms with Gasteiger partial charge in [0.05, 0.1) is 5.75 Å². The SMILES string of the molecule is CS(=O)(=O)CCN1CCN(C(=O)c2sccc2S(=O)(=O)N2CCCC2)CC1. The number of carbonyl (C=O) groups is 1. The predicted molar refractivity (Wildman–Crippen MR) is 104 cm³/mol. The van der Waals surface area contributed by atoms with E-state index in [2.05, 4.69) is 0 Å². The highest BCUT2D eigenvalue weighted by Crippen LogP contribution is 2.28. The van der Waals surface area contributed by atoms with Crippen LogP contribution in [0.1, 0.15) is 22.5 Å². The maximum Gasteiger partial charge on any atom is 0.265 e. The summed E-state index contributed by atoms with van der Waals surface area (Å²) < 4.78 is 49.7. The second kappa shape index (κ2) is 8.16. The van der Waals surface area contributed by atoms with Crippen LogP contribution in [0.4, 0.5) is 0 Å². The lowest BCUT2D eigenvalue weighted by atomic mass is 10.3. The summed E-state index contributed by atoms with van der Waals surface area (Å²) >= 11 is 1.16. The molecule has 11 heteroatoms. The second-order valence-electron chi connectivity index (χ2n) is 6.99. The molecule has 1 aromatic rings. The van der Waals surface area contributed by atoms with Gasteiger partial charge in [0.2, 0.25) is 10.0 Å². The summed E-state index contributed by atoms with van der Waals surface area (Å²) in [5, 5.41) is 1.65. The smallest absolute Gasteiger partial charge is 0.265 e. The highest BCUT2D eigenvalue weighted by Gasteiger charge is 2.33. The third-order valence-corrected chi connectivity index (χ3v) is 8.84. The average molecular weight is 436 g/mol. The Morgan fingerprint density at radius 1 is 1.04 bits per heavy atom. The van der Waals surface area contributed by atoms with E-state index in [4.69, 9.17) is 0 Å². The second-order valence-corrected chi connectivity index (χ2v) is 12.1. The van der Waals surface area contributed by atoms with Crippen LogP contribution in [0.5, 0.6) is 0 Å². The Balaban J connectivity index is 1.65. The first kappa shape index (κ1) is 20.7. The van der Waals surface area contributed by atoms with Crippen molar-refractivity contribution in [1.82, 2.24) is 14.1 Å². The highest BCUT2D eigenvalue weighted by atomic mass is 32.2. The van der Waals surface area contributed by atoms with Crippen molar-refractivity contribution in [3.8, 4) is 0 Å². The van der Waals surface area contributed by atoms with Gasteiger partial charge < -0.3 is 4.90 Å². The number of amides is 1. The van der Waals surface area contributed by atoms with E-state index in [-0.39, 0.29) is 21.4 Å². The van der Waals surface area contributed by atoms with E-state index >= 15 is 0 Å². The molecular formula is C16H25N3O5S3. The molecule has 0 bridgehead atoms. The number of hydrogen-bond acceptors (Lipinski definition) is 7. The molecule has 3 heterocycles. The molecule has 2 aliphatic rings. The van der Waals surface area contributed by atoms with Crippen molar-refractivity contribution in [2.75, 3.05) is 57.8 Å². The van der Waals surface area contributed by atoms with Gasteiger partial charge in [-0.1, -0.05) is 0 Å². The molecule has 0 saturated carbocycles. The van der Waals surface area contributed by atoms with E-state index in [0.29, 0.717) is 45.8 Å². The lowest BCUT2D eigenvalue weighted by Crippen LogP contribution is -2.49. The van der Waals surface area contributed by atoms with E-state index in [9.17, 15) is 21.6 Å². The van der Waals surface area contributed by atoms with E-state index in [1.807, 2.05) is 4.90 Å². The van der Waals surface area contributed by atoms with E-state index in [1.54, 1.807) is 10.3 Å². The van der Waals surface area contributed by atoms with Crippen molar-refractivity contribution in [3.63, 3.8) is 0 Å². The van der Waals surface area contributed by atoms with E-state index < -0.39 is 19.9 Å². The molecule has 0 aromatic carbocycles. The number of carbonyl (C=O) groups excluding carboxylic acids is 1. The van der Waals surface area contributed by atoms with Gasteiger partial charge in [0.15, 0.2) is 0 Å². The zero-order valence-electron chi connectivity index (χ0n) is 15.3. The number of piperazine rings is 1. The third kappa shape index (κ3) is 4.89. The van der Waals surface area contributed by atoms with Crippen molar-refractivity contribution in [2.24, 2.45) is 0 Å². The maximum atomic E-state index is 12.9. The highest BCUT2D eigenvalue weighted by molar-refractivity contribution is 7.90. The van der Waals surface area contributed by atoms with Crippen molar-refractivity contribution in [3.05, 3.63) is 16.3 Å². The summed E-state index contributed by atoms with van der Waals surface area (Å²) in [6.45, 7) is 3.55. The lowest BCUT2D eigenvalue weighted by Gasteiger charge is -2.34. The van der Waals surface area contributed by atoms with Gasteiger partial charge >= 0.3 is 0 Å². The van der Waals surface area contributed by atoms with Crippen molar-refractivity contribution in [2.45, 2.75) is 17.7 Å². The van der Waals surface area contributed by atoms with Crippen LogP contribution < -0.4 is 0 Å². The minimum atomic E-state index is -3.63. The molecule has 3 rings (SSSR count). The van der Waals surface area contributed by atoms with E-state index in [1.165, 1.54) is 16.6 Å². The molecule has 0 spiro atoms. The van der Waals surface area contributed by atoms with E-state index in [0.717, 1.165) is 24.2 Å². The van der Waals surface area contributed by atoms with Crippen LogP contribution in [-0.2, 0) is 19.9 Å². The Hall–Kier alpha value is -1.01. The summed E-state index contributed by atoms with van der Waals surface area (Å²) in [5.41, 5.74) is 0. The number of rotatable bonds is 6. The Morgan fingerprint density at radius 2 is 1.67 bits per heavy atom. The topological polar surface area (TPSA) is 95.1 Å². The summed E-state index contributed by atoms with van der Waals surface area (Å²) in [7, 11) is -6.64. The summed E-state index contributed by atoms with van der Waals surface area (Å²) in [6, 6.07) is 1.52. The van der Waals surface area contributed by atoms with Crippen LogP contribution >= 0.6 is 11.3 Å². The Labute approximate surface area is 164 Å². The fourth-order valence-corrected chi connectivity index (χ4v) is 6.81. The zero-order chi connectivity index (χ0) is 19.7. The molecule has 152 valence electrons. The first-order valence-electron chi connectivity index (χ1n) is 8.95. The van der Waals surface area contributed by atoms with Crippen LogP contribution in [0.3, 0.4) is 0 Å². The predicted octanol–water partition coefficient (Wildman–Crippen LogP) is 0.335. The fourth-order valence-electron chi connectivity index (χ4n) is 3.34. The van der Waals surface area contributed by atoms with Gasteiger partial charge in [-0.3, -0.25) is 9.69 Å². The van der Waals surface area contributed by atoms with Crippen LogP contribution in [0.2, 0.25) is 0 Å². The Bertz CT molecular complexity index is 880. The first-order valence-corrected chi connectivity index (χ1v) is 13.3. The monoisotopic (exact) mass is 435 g/mol. The molecule has 2 aliphatic heterocycles. The standard InChI is InChI=1S/C16H25N3O5S3/c1-26(21,22)13-11-17-7-9-18(10-8-17)16(20)15-14(4-12-25-15)27(23,24)19-5-2-3-6-19/h4,12H,2-3,5-11,13H2,1H3. The minimum Gasteiger partial charge on any atom is -0.335 e. The Kier molecular flexibility index (Phi) is 6.26. The van der Waals surface area contributed by atoms with Gasteiger partial charge in [-0.2, -0.15) is 4.31 Å². The Morgan fingerprint density at radius 3 is 2.26 bits per heavy atom. The lowest BCUT2D eigenvalue weighted by molar-refractivity contribution is 0.0645. The minimum absolute atomic E-state index is 0.101. The van der Waals surface area contributed by atoms with Crippen molar-refractivity contribution >= 4 is 37.1 Å². The van der Waals surface area contributed by atoms with Gasteiger partial charge in [-0.15, -0.1) is 11.3 Å². The molecule has 27 heavy (non-hydrogen) atoms. The molecule has 1 amide bonds. The molecule has 0 N–H and O–H groups in total. The molecule has 0 radical (unpaired) electrons. The van der Waals surface area contributed by atoms with Gasteiger partial charge in [0.25, 0.3) is 5.91 Å². The van der Waals surface area contributed by atoms with Crippen LogP contribution in [0.15, 0.2) is 16.3 Å². The van der Waals surface area contributed by atoms with Gasteiger partial charge in [-0.25, -0.2) is 16.8 Å². The summed E-state index contributed by atoms with van der Waals surface area (Å²) in [6.07, 6.45) is 2.91. The molecule has 8 nitrogen and oxygen atoms in total. The molecule has 2 fully saturated rings. The molecule has 1 aromatic heterocycles. The summed E-state index contributed by atoms with van der Waals surface area (Å²) in [5.74, 6) is -0.157. The molecule has 0 aliphatic carbocycles. The number of thiophene rings is 1. The van der Waals surface area contributed by atoms with Crippen molar-refractivity contribution in [1.29, 1.82) is 0 Å². The fraction of sp³-hybridized carbons (Fsp3) is 0.688. The van der Waals surface area contributed by atoms with Gasteiger partial charge in [0, 0.05) is 52.1 Å². The number of sulfone groups is 1. The number of sulfonamides is 1. The normalized spacial score (nSPS) is 20.3. The zero-order valence-corrected chi connectivity index (χ0v) is 17.8. The van der Waals surface area contributed by atoms with Gasteiger partial charge in [-0.05, 0) is 24.3 Å². The maximum absolute atomic E-state index is 12.9. The molecular weight excluding hydrogens is 410 g/mol. The largest absolute Gasteiger partial charge is 0.335 e. The first-order chi connectivity index (χ1) is 12.7. The average Bonchev–Trinajstić information content (AvgIpc) is 3.31. The number of nitrogens with zero attached hydrogens (tertiary/aromatic N) is 3. The molecule has 0 unspecified atom stereocenters. The van der Waals surface area contributed by atoms with Gasteiger partial charge in [0.1, 0.15) is 19.6 Å².